The second-order valence-corrected chi connectivity index (χ2v) is 8.73. The Kier molecular flexibility index (Phi) is 6.00. The zero-order valence-corrected chi connectivity index (χ0v) is 17.1. The van der Waals surface area contributed by atoms with E-state index in [1.165, 1.54) is 0 Å². The molecule has 150 valence electrons. The monoisotopic (exact) mass is 424 g/mol. The van der Waals surface area contributed by atoms with Gasteiger partial charge in [-0.3, -0.25) is 9.10 Å². The van der Waals surface area contributed by atoms with Crippen LogP contribution < -0.4 is 19.1 Å². The Morgan fingerprint density at radius 1 is 1.18 bits per heavy atom. The van der Waals surface area contributed by atoms with E-state index in [1.807, 2.05) is 19.1 Å². The molecule has 28 heavy (non-hydrogen) atoms. The summed E-state index contributed by atoms with van der Waals surface area (Å²) < 4.78 is 36.4. The highest BCUT2D eigenvalue weighted by molar-refractivity contribution is 7.92. The summed E-state index contributed by atoms with van der Waals surface area (Å²) in [4.78, 5) is 12.5. The van der Waals surface area contributed by atoms with E-state index in [2.05, 4.69) is 5.32 Å². The molecule has 1 aliphatic rings. The van der Waals surface area contributed by atoms with Crippen LogP contribution in [0.25, 0.3) is 0 Å². The minimum absolute atomic E-state index is 0.251. The van der Waals surface area contributed by atoms with Crippen LogP contribution in [-0.2, 0) is 14.8 Å². The largest absolute Gasteiger partial charge is 0.486 e. The highest BCUT2D eigenvalue weighted by Crippen LogP contribution is 2.32. The van der Waals surface area contributed by atoms with E-state index in [-0.39, 0.29) is 23.3 Å². The maximum atomic E-state index is 12.5. The van der Waals surface area contributed by atoms with Crippen molar-refractivity contribution >= 4 is 33.2 Å². The van der Waals surface area contributed by atoms with Gasteiger partial charge in [-0.2, -0.15) is 0 Å². The van der Waals surface area contributed by atoms with Crippen molar-refractivity contribution in [3.8, 4) is 11.5 Å². The molecule has 3 rings (SSSR count). The van der Waals surface area contributed by atoms with Crippen molar-refractivity contribution < 1.29 is 22.7 Å². The fraction of sp³-hybridized carbons (Fsp3) is 0.316. The molecule has 7 nitrogen and oxygen atoms in total. The number of hydrogen-bond donors (Lipinski definition) is 1. The number of amides is 1. The number of carbonyl (C=O) groups is 1. The van der Waals surface area contributed by atoms with Crippen LogP contribution in [0.3, 0.4) is 0 Å². The molecule has 0 aliphatic carbocycles. The predicted octanol–water partition coefficient (Wildman–Crippen LogP) is 2.75. The number of rotatable bonds is 6. The second kappa shape index (κ2) is 8.28. The summed E-state index contributed by atoms with van der Waals surface area (Å²) in [5, 5.41) is 3.06. The maximum absolute atomic E-state index is 12.5. The van der Waals surface area contributed by atoms with Crippen molar-refractivity contribution in [1.82, 2.24) is 5.32 Å². The Hall–Kier alpha value is -2.45. The van der Waals surface area contributed by atoms with Gasteiger partial charge in [-0.25, -0.2) is 8.42 Å². The number of ether oxygens (including phenoxy) is 2. The maximum Gasteiger partial charge on any atom is 0.241 e. The molecule has 2 aromatic carbocycles. The molecule has 0 spiro atoms. The zero-order chi connectivity index (χ0) is 20.3. The van der Waals surface area contributed by atoms with Crippen LogP contribution in [0.1, 0.15) is 18.5 Å². The van der Waals surface area contributed by atoms with E-state index in [4.69, 9.17) is 21.1 Å². The number of sulfonamides is 1. The van der Waals surface area contributed by atoms with Crippen LogP contribution in [0, 0.1) is 0 Å². The Morgan fingerprint density at radius 2 is 1.86 bits per heavy atom. The first-order chi connectivity index (χ1) is 13.3. The lowest BCUT2D eigenvalue weighted by Gasteiger charge is -2.24. The number of para-hydroxylation sites is 1. The molecule has 2 aromatic rings. The van der Waals surface area contributed by atoms with Gasteiger partial charge in [-0.15, -0.1) is 0 Å². The summed E-state index contributed by atoms with van der Waals surface area (Å²) in [7, 11) is -3.70. The molecule has 1 N–H and O–H groups in total. The molecule has 0 aromatic heterocycles. The molecule has 0 fully saturated rings. The van der Waals surface area contributed by atoms with Crippen molar-refractivity contribution in [3.63, 3.8) is 0 Å². The third-order valence-electron chi connectivity index (χ3n) is 4.25. The smallest absolute Gasteiger partial charge is 0.241 e. The van der Waals surface area contributed by atoms with Crippen molar-refractivity contribution in [1.29, 1.82) is 0 Å². The van der Waals surface area contributed by atoms with Crippen LogP contribution in [0.5, 0.6) is 11.5 Å². The van der Waals surface area contributed by atoms with Crippen LogP contribution in [0.2, 0.25) is 5.02 Å². The standard InChI is InChI=1S/C19H21ClN2O5S/c1-13(14-7-8-17-18(11-14)27-10-9-26-17)21-19(23)12-22(28(2,24)25)16-6-4-3-5-15(16)20/h3-8,11,13H,9-10,12H2,1-2H3,(H,21,23). The first kappa shape index (κ1) is 20.3. The van der Waals surface area contributed by atoms with E-state index >= 15 is 0 Å². The highest BCUT2D eigenvalue weighted by atomic mass is 35.5. The van der Waals surface area contributed by atoms with Crippen LogP contribution >= 0.6 is 11.6 Å². The molecular weight excluding hydrogens is 404 g/mol. The minimum atomic E-state index is -3.70. The molecule has 9 heteroatoms. The van der Waals surface area contributed by atoms with Crippen molar-refractivity contribution in [2.45, 2.75) is 13.0 Å². The number of hydrogen-bond acceptors (Lipinski definition) is 5. The number of anilines is 1. The third kappa shape index (κ3) is 4.69. The number of nitrogens with zero attached hydrogens (tertiary/aromatic N) is 1. The van der Waals surface area contributed by atoms with E-state index in [0.717, 1.165) is 16.1 Å². The zero-order valence-electron chi connectivity index (χ0n) is 15.5. The summed E-state index contributed by atoms with van der Waals surface area (Å²) >= 11 is 6.11. The van der Waals surface area contributed by atoms with Gasteiger partial charge < -0.3 is 14.8 Å². The molecule has 1 heterocycles. The number of carbonyl (C=O) groups excluding carboxylic acids is 1. The lowest BCUT2D eigenvalue weighted by atomic mass is 10.1. The first-order valence-electron chi connectivity index (χ1n) is 8.67. The van der Waals surface area contributed by atoms with Gasteiger partial charge in [0.05, 0.1) is 23.0 Å². The summed E-state index contributed by atoms with van der Waals surface area (Å²) in [6.07, 6.45) is 1.04. The van der Waals surface area contributed by atoms with E-state index in [1.54, 1.807) is 30.3 Å². The Balaban J connectivity index is 1.73. The lowest BCUT2D eigenvalue weighted by molar-refractivity contribution is -0.120. The van der Waals surface area contributed by atoms with Gasteiger partial charge in [0, 0.05) is 0 Å². The van der Waals surface area contributed by atoms with Crippen LogP contribution in [0.15, 0.2) is 42.5 Å². The van der Waals surface area contributed by atoms with Crippen molar-refractivity contribution in [3.05, 3.63) is 53.1 Å². The van der Waals surface area contributed by atoms with Crippen molar-refractivity contribution in [2.24, 2.45) is 0 Å². The fourth-order valence-electron chi connectivity index (χ4n) is 2.87. The number of halogens is 1. The Morgan fingerprint density at radius 3 is 2.54 bits per heavy atom. The SMILES string of the molecule is CC(NC(=O)CN(c1ccccc1Cl)S(C)(=O)=O)c1ccc2c(c1)OCCO2. The molecule has 1 amide bonds. The third-order valence-corrected chi connectivity index (χ3v) is 5.70. The van der Waals surface area contributed by atoms with Gasteiger partial charge in [0.2, 0.25) is 15.9 Å². The van der Waals surface area contributed by atoms with Gasteiger partial charge in [0.15, 0.2) is 11.5 Å². The van der Waals surface area contributed by atoms with Gasteiger partial charge in [-0.05, 0) is 36.8 Å². The molecular formula is C19H21ClN2O5S. The summed E-state index contributed by atoms with van der Waals surface area (Å²) in [6.45, 7) is 2.40. The fourth-order valence-corrected chi connectivity index (χ4v) is 4.02. The van der Waals surface area contributed by atoms with Gasteiger partial charge in [0.1, 0.15) is 19.8 Å². The van der Waals surface area contributed by atoms with Crippen molar-refractivity contribution in [2.75, 3.05) is 30.3 Å². The molecule has 0 saturated carbocycles. The Bertz CT molecular complexity index is 980. The molecule has 0 radical (unpaired) electrons. The number of benzene rings is 2. The summed E-state index contributed by atoms with van der Waals surface area (Å²) in [6, 6.07) is 11.6. The first-order valence-corrected chi connectivity index (χ1v) is 10.9. The Labute approximate surface area is 169 Å². The normalized spacial score (nSPS) is 14.2. The summed E-state index contributed by atoms with van der Waals surface area (Å²) in [5.74, 6) is 0.835. The molecule has 0 saturated heterocycles. The van der Waals surface area contributed by atoms with E-state index in [0.29, 0.717) is 24.7 Å². The van der Waals surface area contributed by atoms with Gasteiger partial charge >= 0.3 is 0 Å². The number of fused-ring (bicyclic) bond motifs is 1. The lowest BCUT2D eigenvalue weighted by Crippen LogP contribution is -2.41. The van der Waals surface area contributed by atoms with E-state index in [9.17, 15) is 13.2 Å². The second-order valence-electron chi connectivity index (χ2n) is 6.41. The van der Waals surface area contributed by atoms with Gasteiger partial charge in [0.25, 0.3) is 0 Å². The molecule has 1 atom stereocenters. The topological polar surface area (TPSA) is 84.9 Å². The van der Waals surface area contributed by atoms with Crippen LogP contribution in [-0.4, -0.2) is 40.3 Å². The number of nitrogens with one attached hydrogen (secondary N) is 1. The van der Waals surface area contributed by atoms with E-state index < -0.39 is 15.9 Å². The minimum Gasteiger partial charge on any atom is -0.486 e. The summed E-state index contributed by atoms with van der Waals surface area (Å²) in [5.41, 5.74) is 1.08. The van der Waals surface area contributed by atoms with Crippen LogP contribution in [0.4, 0.5) is 5.69 Å². The average molecular weight is 425 g/mol. The molecule has 1 unspecified atom stereocenters. The van der Waals surface area contributed by atoms with Gasteiger partial charge in [-0.1, -0.05) is 29.8 Å². The highest BCUT2D eigenvalue weighted by Gasteiger charge is 2.24. The quantitative estimate of drug-likeness (QED) is 0.770. The predicted molar refractivity (Wildman–Crippen MR) is 108 cm³/mol. The average Bonchev–Trinajstić information content (AvgIpc) is 2.65. The molecule has 0 bridgehead atoms. The molecule has 1 aliphatic heterocycles.